The van der Waals surface area contributed by atoms with E-state index in [9.17, 15) is 5.11 Å². The van der Waals surface area contributed by atoms with Crippen LogP contribution in [-0.4, -0.2) is 52.2 Å². The van der Waals surface area contributed by atoms with E-state index in [1.54, 1.807) is 0 Å². The molecular weight excluding hydrogens is 264 g/mol. The quantitative estimate of drug-likeness (QED) is 0.850. The number of rotatable bonds is 4. The van der Waals surface area contributed by atoms with Gasteiger partial charge >= 0.3 is 0 Å². The first-order valence-corrected chi connectivity index (χ1v) is 7.14. The summed E-state index contributed by atoms with van der Waals surface area (Å²) in [4.78, 5) is 12.9. The van der Waals surface area contributed by atoms with Gasteiger partial charge in [-0.25, -0.2) is 9.97 Å². The Morgan fingerprint density at radius 2 is 2.00 bits per heavy atom. The van der Waals surface area contributed by atoms with Gasteiger partial charge in [-0.15, -0.1) is 0 Å². The average molecular weight is 285 g/mol. The lowest BCUT2D eigenvalue weighted by Crippen LogP contribution is -2.50. The molecule has 2 rings (SSSR count). The van der Waals surface area contributed by atoms with Crippen LogP contribution in [0.4, 0.5) is 5.82 Å². The SMILES string of the molecule is CCC(C)N1CCN(c2ncnc(Cl)c2CO)CC1. The normalized spacial score (nSPS) is 18.6. The molecule has 0 spiro atoms. The van der Waals surface area contributed by atoms with E-state index in [-0.39, 0.29) is 6.61 Å². The van der Waals surface area contributed by atoms with Crippen molar-refractivity contribution in [1.29, 1.82) is 0 Å². The third-order valence-corrected chi connectivity index (χ3v) is 4.18. The summed E-state index contributed by atoms with van der Waals surface area (Å²) < 4.78 is 0. The Hall–Kier alpha value is -0.910. The lowest BCUT2D eigenvalue weighted by atomic mass is 10.2. The molecule has 0 radical (unpaired) electrons. The maximum Gasteiger partial charge on any atom is 0.140 e. The first-order chi connectivity index (χ1) is 9.17. The van der Waals surface area contributed by atoms with Gasteiger partial charge in [0.05, 0.1) is 12.2 Å². The molecule has 1 fully saturated rings. The van der Waals surface area contributed by atoms with E-state index in [4.69, 9.17) is 11.6 Å². The molecule has 0 aromatic carbocycles. The number of nitrogens with zero attached hydrogens (tertiary/aromatic N) is 4. The highest BCUT2D eigenvalue weighted by molar-refractivity contribution is 6.30. The molecule has 19 heavy (non-hydrogen) atoms. The smallest absolute Gasteiger partial charge is 0.140 e. The highest BCUT2D eigenvalue weighted by Gasteiger charge is 2.23. The minimum atomic E-state index is -0.124. The second kappa shape index (κ2) is 6.50. The summed E-state index contributed by atoms with van der Waals surface area (Å²) in [6.07, 6.45) is 2.62. The second-order valence-corrected chi connectivity index (χ2v) is 5.26. The maximum absolute atomic E-state index is 9.41. The molecule has 1 aromatic heterocycles. The molecule has 0 amide bonds. The molecule has 1 atom stereocenters. The molecule has 0 aliphatic carbocycles. The van der Waals surface area contributed by atoms with Crippen molar-refractivity contribution in [2.24, 2.45) is 0 Å². The molecule has 6 heteroatoms. The fourth-order valence-electron chi connectivity index (χ4n) is 2.42. The Morgan fingerprint density at radius 1 is 1.32 bits per heavy atom. The van der Waals surface area contributed by atoms with E-state index in [2.05, 4.69) is 33.6 Å². The van der Waals surface area contributed by atoms with Crippen LogP contribution in [0.15, 0.2) is 6.33 Å². The second-order valence-electron chi connectivity index (χ2n) is 4.91. The van der Waals surface area contributed by atoms with E-state index in [0.717, 1.165) is 32.0 Å². The van der Waals surface area contributed by atoms with E-state index < -0.39 is 0 Å². The van der Waals surface area contributed by atoms with E-state index >= 15 is 0 Å². The number of halogens is 1. The number of aromatic nitrogens is 2. The summed E-state index contributed by atoms with van der Waals surface area (Å²) in [5.74, 6) is 0.770. The van der Waals surface area contributed by atoms with Crippen LogP contribution in [0.25, 0.3) is 0 Å². The summed E-state index contributed by atoms with van der Waals surface area (Å²) in [5.41, 5.74) is 0.626. The Labute approximate surface area is 119 Å². The molecule has 1 aliphatic heterocycles. The van der Waals surface area contributed by atoms with Crippen LogP contribution < -0.4 is 4.90 Å². The van der Waals surface area contributed by atoms with Gasteiger partial charge in [0.25, 0.3) is 0 Å². The molecule has 2 heterocycles. The molecule has 0 bridgehead atoms. The molecule has 1 aromatic rings. The van der Waals surface area contributed by atoms with Gasteiger partial charge in [-0.3, -0.25) is 4.90 Å². The molecule has 1 N–H and O–H groups in total. The van der Waals surface area contributed by atoms with Crippen LogP contribution >= 0.6 is 11.6 Å². The Morgan fingerprint density at radius 3 is 2.58 bits per heavy atom. The number of piperazine rings is 1. The van der Waals surface area contributed by atoms with Crippen molar-refractivity contribution in [3.8, 4) is 0 Å². The number of hydrogen-bond donors (Lipinski definition) is 1. The summed E-state index contributed by atoms with van der Waals surface area (Å²) >= 11 is 6.00. The number of aliphatic hydroxyl groups is 1. The topological polar surface area (TPSA) is 52.5 Å². The zero-order valence-corrected chi connectivity index (χ0v) is 12.3. The summed E-state index contributed by atoms with van der Waals surface area (Å²) in [7, 11) is 0. The Balaban J connectivity index is 2.08. The highest BCUT2D eigenvalue weighted by atomic mass is 35.5. The lowest BCUT2D eigenvalue weighted by molar-refractivity contribution is 0.192. The van der Waals surface area contributed by atoms with Crippen LogP contribution in [0, 0.1) is 0 Å². The van der Waals surface area contributed by atoms with Gasteiger partial charge in [-0.05, 0) is 13.3 Å². The first-order valence-electron chi connectivity index (χ1n) is 6.76. The zero-order valence-electron chi connectivity index (χ0n) is 11.5. The van der Waals surface area contributed by atoms with Crippen molar-refractivity contribution >= 4 is 17.4 Å². The summed E-state index contributed by atoms with van der Waals surface area (Å²) in [6.45, 7) is 8.19. The Kier molecular flexibility index (Phi) is 4.96. The number of aliphatic hydroxyl groups excluding tert-OH is 1. The van der Waals surface area contributed by atoms with Crippen molar-refractivity contribution < 1.29 is 5.11 Å². The van der Waals surface area contributed by atoms with Crippen LogP contribution in [0.1, 0.15) is 25.8 Å². The molecule has 106 valence electrons. The van der Waals surface area contributed by atoms with E-state index in [1.165, 1.54) is 12.7 Å². The standard InChI is InChI=1S/C13H21ClN4O/c1-3-10(2)17-4-6-18(7-5-17)13-11(8-19)12(14)15-9-16-13/h9-10,19H,3-8H2,1-2H3. The maximum atomic E-state index is 9.41. The van der Waals surface area contributed by atoms with Gasteiger partial charge in [0.15, 0.2) is 0 Å². The first kappa shape index (κ1) is 14.5. The average Bonchev–Trinajstić information content (AvgIpc) is 2.46. The third-order valence-electron chi connectivity index (χ3n) is 3.86. The summed E-state index contributed by atoms with van der Waals surface area (Å²) in [5, 5.41) is 9.75. The van der Waals surface area contributed by atoms with Gasteiger partial charge in [0.2, 0.25) is 0 Å². The molecule has 1 saturated heterocycles. The zero-order chi connectivity index (χ0) is 13.8. The van der Waals surface area contributed by atoms with Crippen molar-refractivity contribution in [2.45, 2.75) is 32.9 Å². The predicted octanol–water partition coefficient (Wildman–Crippen LogP) is 1.54. The summed E-state index contributed by atoms with van der Waals surface area (Å²) in [6, 6.07) is 0.619. The highest BCUT2D eigenvalue weighted by Crippen LogP contribution is 2.24. The Bertz CT molecular complexity index is 421. The fraction of sp³-hybridized carbons (Fsp3) is 0.692. The predicted molar refractivity (Wildman–Crippen MR) is 76.5 cm³/mol. The van der Waals surface area contributed by atoms with Crippen LogP contribution in [-0.2, 0) is 6.61 Å². The molecule has 5 nitrogen and oxygen atoms in total. The molecular formula is C13H21ClN4O. The van der Waals surface area contributed by atoms with Gasteiger partial charge in [0.1, 0.15) is 17.3 Å². The van der Waals surface area contributed by atoms with Crippen molar-refractivity contribution in [3.05, 3.63) is 17.0 Å². The van der Waals surface area contributed by atoms with Gasteiger partial charge in [-0.2, -0.15) is 0 Å². The lowest BCUT2D eigenvalue weighted by Gasteiger charge is -2.38. The van der Waals surface area contributed by atoms with Crippen molar-refractivity contribution in [3.63, 3.8) is 0 Å². The van der Waals surface area contributed by atoms with Crippen LogP contribution in [0.3, 0.4) is 0 Å². The van der Waals surface area contributed by atoms with Crippen LogP contribution in [0.5, 0.6) is 0 Å². The van der Waals surface area contributed by atoms with Gasteiger partial charge < -0.3 is 10.0 Å². The van der Waals surface area contributed by atoms with Crippen LogP contribution in [0.2, 0.25) is 5.15 Å². The van der Waals surface area contributed by atoms with E-state index in [1.807, 2.05) is 0 Å². The largest absolute Gasteiger partial charge is 0.391 e. The molecule has 1 aliphatic rings. The minimum absolute atomic E-state index is 0.124. The monoisotopic (exact) mass is 284 g/mol. The van der Waals surface area contributed by atoms with Crippen molar-refractivity contribution in [1.82, 2.24) is 14.9 Å². The fourth-order valence-corrected chi connectivity index (χ4v) is 2.61. The van der Waals surface area contributed by atoms with Gasteiger partial charge in [-0.1, -0.05) is 18.5 Å². The van der Waals surface area contributed by atoms with Gasteiger partial charge in [0, 0.05) is 32.2 Å². The number of hydrogen-bond acceptors (Lipinski definition) is 5. The number of anilines is 1. The van der Waals surface area contributed by atoms with Crippen molar-refractivity contribution in [2.75, 3.05) is 31.1 Å². The van der Waals surface area contributed by atoms with E-state index in [0.29, 0.717) is 16.8 Å². The minimum Gasteiger partial charge on any atom is -0.391 e. The molecule has 0 saturated carbocycles. The molecule has 1 unspecified atom stereocenters. The third kappa shape index (κ3) is 3.16.